The van der Waals surface area contributed by atoms with Crippen LogP contribution in [0.4, 0.5) is 18.9 Å². The Labute approximate surface area is 166 Å². The fourth-order valence-corrected chi connectivity index (χ4v) is 3.24. The lowest BCUT2D eigenvalue weighted by atomic mass is 10.1. The van der Waals surface area contributed by atoms with Crippen LogP contribution in [0, 0.1) is 5.92 Å². The monoisotopic (exact) mass is 402 g/mol. The Hall–Kier alpha value is -2.96. The maximum Gasteiger partial charge on any atom is 0.416 e. The van der Waals surface area contributed by atoms with Crippen molar-refractivity contribution in [2.24, 2.45) is 5.92 Å². The van der Waals surface area contributed by atoms with Crippen molar-refractivity contribution in [1.29, 1.82) is 0 Å². The van der Waals surface area contributed by atoms with Crippen LogP contribution in [-0.4, -0.2) is 17.5 Å². The molecule has 0 saturated heterocycles. The molecular formula is C22H21F3N2O2. The van der Waals surface area contributed by atoms with Crippen molar-refractivity contribution in [2.45, 2.75) is 31.9 Å². The molecule has 1 heterocycles. The number of carbonyl (C=O) groups is 1. The molecule has 0 bridgehead atoms. The third kappa shape index (κ3) is 4.91. The minimum atomic E-state index is -4.35. The van der Waals surface area contributed by atoms with Crippen LogP contribution in [0.15, 0.2) is 48.7 Å². The average molecular weight is 402 g/mol. The van der Waals surface area contributed by atoms with Gasteiger partial charge in [0.05, 0.1) is 17.9 Å². The first-order chi connectivity index (χ1) is 13.9. The number of nitrogens with one attached hydrogen (secondary N) is 2. The molecule has 0 unspecified atom stereocenters. The molecule has 1 aliphatic carbocycles. The van der Waals surface area contributed by atoms with Gasteiger partial charge in [-0.15, -0.1) is 0 Å². The van der Waals surface area contributed by atoms with Gasteiger partial charge in [0.1, 0.15) is 5.75 Å². The van der Waals surface area contributed by atoms with E-state index in [1.807, 2.05) is 18.2 Å². The predicted octanol–water partition coefficient (Wildman–Crippen LogP) is 5.55. The van der Waals surface area contributed by atoms with E-state index in [1.54, 1.807) is 6.20 Å². The van der Waals surface area contributed by atoms with Gasteiger partial charge in [0.2, 0.25) is 5.91 Å². The maximum absolute atomic E-state index is 12.6. The van der Waals surface area contributed by atoms with Gasteiger partial charge in [-0.2, -0.15) is 13.2 Å². The fraction of sp³-hybridized carbons (Fsp3) is 0.318. The van der Waals surface area contributed by atoms with Gasteiger partial charge >= 0.3 is 6.18 Å². The molecule has 0 aliphatic heterocycles. The van der Waals surface area contributed by atoms with Crippen LogP contribution in [0.2, 0.25) is 0 Å². The molecule has 2 aromatic carbocycles. The standard InChI is InChI=1S/C22H21F3N2O2/c23-22(24,25)16-4-6-17(7-5-16)29-10-9-15-3-8-19-18(11-15)20(13-26-19)27-21(28)12-14-1-2-14/h3-8,11,13-14,26H,1-2,9-10,12H2,(H,27,28). The lowest BCUT2D eigenvalue weighted by Crippen LogP contribution is -2.11. The van der Waals surface area contributed by atoms with E-state index in [0.29, 0.717) is 31.1 Å². The van der Waals surface area contributed by atoms with Gasteiger partial charge < -0.3 is 15.0 Å². The number of rotatable bonds is 7. The molecule has 1 fully saturated rings. The van der Waals surface area contributed by atoms with Crippen LogP contribution in [0.5, 0.6) is 5.75 Å². The summed E-state index contributed by atoms with van der Waals surface area (Å²) >= 11 is 0. The highest BCUT2D eigenvalue weighted by molar-refractivity contribution is 6.01. The molecule has 4 nitrogen and oxygen atoms in total. The normalized spacial score (nSPS) is 14.2. The Morgan fingerprint density at radius 2 is 1.90 bits per heavy atom. The van der Waals surface area contributed by atoms with Crippen molar-refractivity contribution in [2.75, 3.05) is 11.9 Å². The minimum absolute atomic E-state index is 0.0319. The van der Waals surface area contributed by atoms with Crippen LogP contribution in [0.3, 0.4) is 0 Å². The number of hydrogen-bond acceptors (Lipinski definition) is 2. The number of H-pyrrole nitrogens is 1. The number of carbonyl (C=O) groups excluding carboxylic acids is 1. The van der Waals surface area contributed by atoms with E-state index in [1.165, 1.54) is 12.1 Å². The summed E-state index contributed by atoms with van der Waals surface area (Å²) in [6, 6.07) is 10.6. The number of fused-ring (bicyclic) bond motifs is 1. The Morgan fingerprint density at radius 1 is 1.14 bits per heavy atom. The topological polar surface area (TPSA) is 54.1 Å². The molecule has 1 amide bonds. The van der Waals surface area contributed by atoms with E-state index >= 15 is 0 Å². The summed E-state index contributed by atoms with van der Waals surface area (Å²) in [6.07, 6.45) is 0.855. The first-order valence-corrected chi connectivity index (χ1v) is 9.58. The largest absolute Gasteiger partial charge is 0.493 e. The quantitative estimate of drug-likeness (QED) is 0.545. The smallest absolute Gasteiger partial charge is 0.416 e. The number of aromatic nitrogens is 1. The molecule has 0 spiro atoms. The van der Waals surface area contributed by atoms with Crippen LogP contribution < -0.4 is 10.1 Å². The first kappa shape index (κ1) is 19.4. The second kappa shape index (κ2) is 7.81. The third-order valence-electron chi connectivity index (χ3n) is 5.03. The molecule has 1 saturated carbocycles. The Kier molecular flexibility index (Phi) is 5.22. The van der Waals surface area contributed by atoms with E-state index in [9.17, 15) is 18.0 Å². The lowest BCUT2D eigenvalue weighted by molar-refractivity contribution is -0.137. The number of ether oxygens (including phenoxy) is 1. The van der Waals surface area contributed by atoms with E-state index in [2.05, 4.69) is 10.3 Å². The molecule has 1 aliphatic rings. The summed E-state index contributed by atoms with van der Waals surface area (Å²) in [5, 5.41) is 3.90. The van der Waals surface area contributed by atoms with E-state index in [0.717, 1.165) is 47.1 Å². The van der Waals surface area contributed by atoms with Crippen LogP contribution in [0.1, 0.15) is 30.4 Å². The molecule has 0 atom stereocenters. The second-order valence-electron chi connectivity index (χ2n) is 7.40. The number of aromatic amines is 1. The predicted molar refractivity (Wildman–Crippen MR) is 105 cm³/mol. The van der Waals surface area contributed by atoms with Gasteiger partial charge in [0, 0.05) is 29.9 Å². The van der Waals surface area contributed by atoms with Gasteiger partial charge in [-0.05, 0) is 60.7 Å². The molecule has 1 aromatic heterocycles. The van der Waals surface area contributed by atoms with E-state index in [4.69, 9.17) is 4.74 Å². The molecule has 29 heavy (non-hydrogen) atoms. The van der Waals surface area contributed by atoms with Crippen molar-refractivity contribution < 1.29 is 22.7 Å². The third-order valence-corrected chi connectivity index (χ3v) is 5.03. The molecule has 152 valence electrons. The fourth-order valence-electron chi connectivity index (χ4n) is 3.24. The molecule has 7 heteroatoms. The summed E-state index contributed by atoms with van der Waals surface area (Å²) in [5.74, 6) is 0.955. The van der Waals surface area contributed by atoms with Gasteiger partial charge in [0.25, 0.3) is 0 Å². The summed E-state index contributed by atoms with van der Waals surface area (Å²) in [4.78, 5) is 15.2. The number of anilines is 1. The summed E-state index contributed by atoms with van der Waals surface area (Å²) in [7, 11) is 0. The van der Waals surface area contributed by atoms with Crippen molar-refractivity contribution in [3.05, 3.63) is 59.8 Å². The van der Waals surface area contributed by atoms with E-state index < -0.39 is 11.7 Å². The molecule has 3 aromatic rings. The summed E-state index contributed by atoms with van der Waals surface area (Å²) < 4.78 is 43.4. The van der Waals surface area contributed by atoms with Gasteiger partial charge in [-0.25, -0.2) is 0 Å². The highest BCUT2D eigenvalue weighted by atomic mass is 19.4. The van der Waals surface area contributed by atoms with Gasteiger partial charge in [0.15, 0.2) is 0 Å². The lowest BCUT2D eigenvalue weighted by Gasteiger charge is -2.09. The van der Waals surface area contributed by atoms with Crippen LogP contribution in [-0.2, 0) is 17.4 Å². The molecular weight excluding hydrogens is 381 g/mol. The zero-order valence-corrected chi connectivity index (χ0v) is 15.7. The van der Waals surface area contributed by atoms with Crippen LogP contribution >= 0.6 is 0 Å². The zero-order chi connectivity index (χ0) is 20.4. The molecule has 2 N–H and O–H groups in total. The van der Waals surface area contributed by atoms with Gasteiger partial charge in [-0.3, -0.25) is 4.79 Å². The summed E-state index contributed by atoms with van der Waals surface area (Å²) in [6.45, 7) is 0.338. The SMILES string of the molecule is O=C(CC1CC1)Nc1c[nH]c2ccc(CCOc3ccc(C(F)(F)F)cc3)cc12. The van der Waals surface area contributed by atoms with E-state index in [-0.39, 0.29) is 5.91 Å². The zero-order valence-electron chi connectivity index (χ0n) is 15.7. The summed E-state index contributed by atoms with van der Waals surface area (Å²) in [5.41, 5.74) is 2.01. The van der Waals surface area contributed by atoms with Crippen molar-refractivity contribution in [3.63, 3.8) is 0 Å². The maximum atomic E-state index is 12.6. The van der Waals surface area contributed by atoms with Crippen molar-refractivity contribution in [3.8, 4) is 5.75 Å². The number of alkyl halides is 3. The number of hydrogen-bond donors (Lipinski definition) is 2. The Balaban J connectivity index is 1.36. The van der Waals surface area contributed by atoms with Crippen molar-refractivity contribution >= 4 is 22.5 Å². The Bertz CT molecular complexity index is 1010. The van der Waals surface area contributed by atoms with Crippen LogP contribution in [0.25, 0.3) is 10.9 Å². The number of amides is 1. The molecule has 0 radical (unpaired) electrons. The molecule has 4 rings (SSSR count). The number of halogens is 3. The van der Waals surface area contributed by atoms with Gasteiger partial charge in [-0.1, -0.05) is 6.07 Å². The minimum Gasteiger partial charge on any atom is -0.493 e. The number of benzene rings is 2. The highest BCUT2D eigenvalue weighted by Gasteiger charge is 2.30. The first-order valence-electron chi connectivity index (χ1n) is 9.58. The average Bonchev–Trinajstić information content (AvgIpc) is 3.41. The second-order valence-corrected chi connectivity index (χ2v) is 7.40. The highest BCUT2D eigenvalue weighted by Crippen LogP contribution is 2.33. The van der Waals surface area contributed by atoms with Crippen molar-refractivity contribution in [1.82, 2.24) is 4.98 Å². The Morgan fingerprint density at radius 3 is 2.59 bits per heavy atom.